The van der Waals surface area contributed by atoms with Crippen LogP contribution in [0.4, 0.5) is 0 Å². The molecule has 14 heavy (non-hydrogen) atoms. The normalized spacial score (nSPS) is 27.9. The van der Waals surface area contributed by atoms with Crippen LogP contribution in [0.25, 0.3) is 0 Å². The highest BCUT2D eigenvalue weighted by Crippen LogP contribution is 2.22. The molecule has 0 N–H and O–H groups in total. The van der Waals surface area contributed by atoms with Gasteiger partial charge >= 0.3 is 8.56 Å². The Balaban J connectivity index is 2.50. The number of rotatable bonds is 4. The molecule has 0 spiro atoms. The van der Waals surface area contributed by atoms with Crippen LogP contribution in [0.1, 0.15) is 26.7 Å². The molecule has 0 aliphatic carbocycles. The van der Waals surface area contributed by atoms with Gasteiger partial charge in [-0.15, -0.1) is 0 Å². The van der Waals surface area contributed by atoms with Crippen LogP contribution >= 0.6 is 0 Å². The first-order valence-corrected chi connectivity index (χ1v) is 11.0. The zero-order valence-corrected chi connectivity index (χ0v) is 14.3. The van der Waals surface area contributed by atoms with Crippen LogP contribution in [0.2, 0.25) is 12.1 Å². The summed E-state index contributed by atoms with van der Waals surface area (Å²) in [5.41, 5.74) is 0. The van der Waals surface area contributed by atoms with Crippen LogP contribution in [-0.2, 0) is 16.5 Å². The third-order valence-electron chi connectivity index (χ3n) is 2.24. The molecule has 1 rings (SSSR count). The van der Waals surface area contributed by atoms with E-state index >= 15 is 0 Å². The molecule has 0 aromatic carbocycles. The molecule has 1 aliphatic rings. The van der Waals surface area contributed by atoms with Gasteiger partial charge in [-0.25, -0.2) is 0 Å². The minimum atomic E-state index is -1.87. The van der Waals surface area contributed by atoms with E-state index in [1.54, 1.807) is 0 Å². The van der Waals surface area contributed by atoms with E-state index in [1.165, 1.54) is 0 Å². The van der Waals surface area contributed by atoms with Gasteiger partial charge in [-0.05, 0) is 12.1 Å². The Morgan fingerprint density at radius 3 is 1.79 bits per heavy atom. The van der Waals surface area contributed by atoms with Crippen LogP contribution in [0.3, 0.4) is 0 Å². The molecule has 4 nitrogen and oxygen atoms in total. The largest absolute Gasteiger partial charge is 0.425 e. The standard InChI is InChI=1S/C6H20O4Si4/c1-3-5-14(6-4-2)9-12-7-11-8-13-10-14/h3-6,11-13H2,1-2H3. The van der Waals surface area contributed by atoms with Gasteiger partial charge in [-0.1, -0.05) is 26.7 Å². The van der Waals surface area contributed by atoms with Crippen molar-refractivity contribution in [2.45, 2.75) is 38.8 Å². The van der Waals surface area contributed by atoms with Crippen molar-refractivity contribution in [2.75, 3.05) is 0 Å². The lowest BCUT2D eigenvalue weighted by Crippen LogP contribution is -2.47. The minimum absolute atomic E-state index is 0.729. The van der Waals surface area contributed by atoms with Gasteiger partial charge in [0.15, 0.2) is 0 Å². The second kappa shape index (κ2) is 7.06. The van der Waals surface area contributed by atoms with Crippen molar-refractivity contribution in [1.29, 1.82) is 0 Å². The van der Waals surface area contributed by atoms with Crippen molar-refractivity contribution >= 4 is 38.6 Å². The fraction of sp³-hybridized carbons (Fsp3) is 1.00. The lowest BCUT2D eigenvalue weighted by Gasteiger charge is -2.32. The van der Waals surface area contributed by atoms with Gasteiger partial charge in [-0.3, -0.25) is 0 Å². The predicted molar refractivity (Wildman–Crippen MR) is 65.9 cm³/mol. The van der Waals surface area contributed by atoms with Crippen molar-refractivity contribution < 1.29 is 16.5 Å². The van der Waals surface area contributed by atoms with Crippen LogP contribution in [0.5, 0.6) is 0 Å². The van der Waals surface area contributed by atoms with Gasteiger partial charge < -0.3 is 16.5 Å². The minimum Gasteiger partial charge on any atom is -0.425 e. The molecule has 8 heteroatoms. The number of hydrogen-bond donors (Lipinski definition) is 0. The Morgan fingerprint density at radius 2 is 1.36 bits per heavy atom. The van der Waals surface area contributed by atoms with Crippen LogP contribution in [0, 0.1) is 0 Å². The van der Waals surface area contributed by atoms with Crippen molar-refractivity contribution in [3.05, 3.63) is 0 Å². The molecule has 0 bridgehead atoms. The Bertz CT molecular complexity index is 143. The van der Waals surface area contributed by atoms with Crippen molar-refractivity contribution in [2.24, 2.45) is 0 Å². The van der Waals surface area contributed by atoms with Gasteiger partial charge in [0, 0.05) is 0 Å². The molecule has 1 aliphatic heterocycles. The maximum absolute atomic E-state index is 5.97. The van der Waals surface area contributed by atoms with E-state index in [1.807, 2.05) is 0 Å². The summed E-state index contributed by atoms with van der Waals surface area (Å²) in [6.07, 6.45) is 2.29. The van der Waals surface area contributed by atoms with E-state index in [-0.39, 0.29) is 0 Å². The summed E-state index contributed by atoms with van der Waals surface area (Å²) in [5.74, 6) is 0. The zero-order chi connectivity index (χ0) is 10.3. The fourth-order valence-corrected chi connectivity index (χ4v) is 12.8. The van der Waals surface area contributed by atoms with E-state index in [0.717, 1.165) is 24.9 Å². The summed E-state index contributed by atoms with van der Waals surface area (Å²) in [6, 6.07) is 2.21. The summed E-state index contributed by atoms with van der Waals surface area (Å²) >= 11 is 0. The average molecular weight is 269 g/mol. The smallest absolute Gasteiger partial charge is 0.319 e. The van der Waals surface area contributed by atoms with E-state index in [0.29, 0.717) is 0 Å². The topological polar surface area (TPSA) is 36.9 Å². The highest BCUT2D eigenvalue weighted by molar-refractivity contribution is 6.75. The lowest BCUT2D eigenvalue weighted by atomic mass is 10.6. The Kier molecular flexibility index (Phi) is 6.44. The van der Waals surface area contributed by atoms with Crippen LogP contribution in [-0.4, -0.2) is 38.6 Å². The second-order valence-corrected chi connectivity index (χ2v) is 12.6. The highest BCUT2D eigenvalue weighted by Gasteiger charge is 2.35. The summed E-state index contributed by atoms with van der Waals surface area (Å²) in [7, 11) is -4.19. The first-order valence-electron chi connectivity index (χ1n) is 5.26. The fourth-order valence-electron chi connectivity index (χ4n) is 1.64. The Hall–Kier alpha value is 0.708. The molecule has 0 aromatic rings. The molecule has 84 valence electrons. The van der Waals surface area contributed by atoms with Crippen molar-refractivity contribution in [3.8, 4) is 0 Å². The molecule has 0 saturated carbocycles. The highest BCUT2D eigenvalue weighted by atomic mass is 28.5. The lowest BCUT2D eigenvalue weighted by molar-refractivity contribution is 0.302. The Labute approximate surface area is 94.1 Å². The van der Waals surface area contributed by atoms with Gasteiger partial charge in [0.05, 0.1) is 0 Å². The average Bonchev–Trinajstić information content (AvgIpc) is 2.12. The molecule has 0 amide bonds. The number of hydrogen-bond acceptors (Lipinski definition) is 4. The summed E-state index contributed by atoms with van der Waals surface area (Å²) in [6.45, 7) is 4.38. The molecule has 1 heterocycles. The predicted octanol–water partition coefficient (Wildman–Crippen LogP) is -0.675. The van der Waals surface area contributed by atoms with Gasteiger partial charge in [0.1, 0.15) is 0 Å². The third kappa shape index (κ3) is 4.06. The molecular formula is C6H20O4Si4. The molecule has 0 radical (unpaired) electrons. The second-order valence-electron chi connectivity index (χ2n) is 3.46. The summed E-state index contributed by atoms with van der Waals surface area (Å²) in [4.78, 5) is 0. The first-order chi connectivity index (χ1) is 6.83. The van der Waals surface area contributed by atoms with Crippen LogP contribution < -0.4 is 0 Å². The zero-order valence-electron chi connectivity index (χ0n) is 9.08. The molecule has 0 unspecified atom stereocenters. The summed E-state index contributed by atoms with van der Waals surface area (Å²) < 4.78 is 22.8. The van der Waals surface area contributed by atoms with Crippen molar-refractivity contribution in [1.82, 2.24) is 0 Å². The molecule has 1 fully saturated rings. The van der Waals surface area contributed by atoms with Crippen LogP contribution in [0.15, 0.2) is 0 Å². The van der Waals surface area contributed by atoms with E-state index < -0.39 is 38.6 Å². The SMILES string of the molecule is CCC[Si]1(CCC)O[SiH2]O[SiH2]O[SiH2]O1. The maximum Gasteiger partial charge on any atom is 0.319 e. The maximum atomic E-state index is 5.97. The molecule has 1 saturated heterocycles. The van der Waals surface area contributed by atoms with Gasteiger partial charge in [-0.2, -0.15) is 0 Å². The quantitative estimate of drug-likeness (QED) is 0.634. The molecular weight excluding hydrogens is 248 g/mol. The summed E-state index contributed by atoms with van der Waals surface area (Å²) in [5, 5.41) is 0. The van der Waals surface area contributed by atoms with E-state index in [4.69, 9.17) is 16.5 Å². The molecule has 0 atom stereocenters. The van der Waals surface area contributed by atoms with E-state index in [9.17, 15) is 0 Å². The Morgan fingerprint density at radius 1 is 0.857 bits per heavy atom. The third-order valence-corrected chi connectivity index (χ3v) is 12.6. The molecule has 0 aromatic heterocycles. The van der Waals surface area contributed by atoms with Gasteiger partial charge in [0.2, 0.25) is 0 Å². The van der Waals surface area contributed by atoms with E-state index in [2.05, 4.69) is 13.8 Å². The van der Waals surface area contributed by atoms with Crippen molar-refractivity contribution in [3.63, 3.8) is 0 Å². The first kappa shape index (κ1) is 12.8. The van der Waals surface area contributed by atoms with Gasteiger partial charge in [0.25, 0.3) is 30.0 Å². The monoisotopic (exact) mass is 268 g/mol.